The minimum atomic E-state index is -0.736. The molecule has 0 bridgehead atoms. The van der Waals surface area contributed by atoms with Gasteiger partial charge in [-0.15, -0.1) is 0 Å². The van der Waals surface area contributed by atoms with Gasteiger partial charge in [-0.25, -0.2) is 0 Å². The van der Waals surface area contributed by atoms with Gasteiger partial charge in [-0.05, 0) is 18.9 Å². The topological polar surface area (TPSA) is 54.2 Å². The van der Waals surface area contributed by atoms with E-state index in [-0.39, 0.29) is 0 Å². The summed E-state index contributed by atoms with van der Waals surface area (Å²) in [7, 11) is 0. The molecule has 0 aliphatic carbocycles. The van der Waals surface area contributed by atoms with E-state index < -0.39 is 5.60 Å². The summed E-state index contributed by atoms with van der Waals surface area (Å²) in [4.78, 5) is 6.45. The van der Waals surface area contributed by atoms with Gasteiger partial charge < -0.3 is 10.0 Å². The second kappa shape index (κ2) is 6.13. The average molecular weight is 307 g/mol. The lowest BCUT2D eigenvalue weighted by atomic mass is 9.85. The third-order valence-electron chi connectivity index (χ3n) is 4.13. The van der Waals surface area contributed by atoms with Gasteiger partial charge in [-0.2, -0.15) is 5.10 Å². The van der Waals surface area contributed by atoms with Gasteiger partial charge in [0.2, 0.25) is 0 Å². The number of aromatic nitrogens is 3. The maximum atomic E-state index is 10.7. The highest BCUT2D eigenvalue weighted by atomic mass is 35.5. The fourth-order valence-electron chi connectivity index (χ4n) is 2.78. The zero-order valence-electron chi connectivity index (χ0n) is 11.8. The first-order chi connectivity index (χ1) is 10.2. The summed E-state index contributed by atoms with van der Waals surface area (Å²) in [6.07, 6.45) is 8.45. The maximum Gasteiger partial charge on any atom is 0.0935 e. The summed E-state index contributed by atoms with van der Waals surface area (Å²) >= 11 is 5.85. The van der Waals surface area contributed by atoms with Crippen molar-refractivity contribution in [3.05, 3.63) is 47.5 Å². The Balaban J connectivity index is 1.53. The molecular formula is C15H19ClN4O. The molecule has 1 aliphatic rings. The van der Waals surface area contributed by atoms with Crippen molar-refractivity contribution in [3.63, 3.8) is 0 Å². The zero-order valence-corrected chi connectivity index (χ0v) is 12.6. The van der Waals surface area contributed by atoms with Crippen molar-refractivity contribution >= 4 is 11.6 Å². The van der Waals surface area contributed by atoms with Crippen molar-refractivity contribution in [3.8, 4) is 0 Å². The molecule has 21 heavy (non-hydrogen) atoms. The van der Waals surface area contributed by atoms with Gasteiger partial charge in [-0.1, -0.05) is 17.7 Å². The van der Waals surface area contributed by atoms with E-state index in [0.717, 1.165) is 44.6 Å². The summed E-state index contributed by atoms with van der Waals surface area (Å²) in [5.41, 5.74) is 0.184. The number of hydrogen-bond acceptors (Lipinski definition) is 4. The van der Waals surface area contributed by atoms with E-state index in [9.17, 15) is 5.11 Å². The molecule has 0 radical (unpaired) electrons. The van der Waals surface area contributed by atoms with E-state index in [4.69, 9.17) is 11.6 Å². The lowest BCUT2D eigenvalue weighted by Gasteiger charge is -2.38. The Morgan fingerprint density at radius 3 is 2.67 bits per heavy atom. The number of nitrogens with zero attached hydrogens (tertiary/aromatic N) is 4. The SMILES string of the molecule is OC1(c2cccnc2)CCN(CCn2cc(Cl)cn2)CC1. The standard InChI is InChI=1S/C15H19ClN4O/c16-14-11-18-20(12-14)9-8-19-6-3-15(21,4-7-19)13-2-1-5-17-10-13/h1-2,5,10-12,21H,3-4,6-9H2. The number of hydrogen-bond donors (Lipinski definition) is 1. The van der Waals surface area contributed by atoms with Crippen LogP contribution in [0.2, 0.25) is 5.02 Å². The molecule has 0 unspecified atom stereocenters. The van der Waals surface area contributed by atoms with Gasteiger partial charge in [0, 0.05) is 43.8 Å². The Morgan fingerprint density at radius 2 is 2.05 bits per heavy atom. The van der Waals surface area contributed by atoms with Crippen molar-refractivity contribution in [2.45, 2.75) is 25.0 Å². The quantitative estimate of drug-likeness (QED) is 0.937. The first kappa shape index (κ1) is 14.5. The Labute approximate surface area is 129 Å². The molecule has 1 saturated heterocycles. The van der Waals surface area contributed by atoms with E-state index in [0.29, 0.717) is 5.02 Å². The van der Waals surface area contributed by atoms with Gasteiger partial charge in [0.15, 0.2) is 0 Å². The molecule has 3 rings (SSSR count). The van der Waals surface area contributed by atoms with E-state index in [1.165, 1.54) is 0 Å². The highest BCUT2D eigenvalue weighted by Gasteiger charge is 2.33. The van der Waals surface area contributed by atoms with Crippen LogP contribution in [0.3, 0.4) is 0 Å². The van der Waals surface area contributed by atoms with Gasteiger partial charge >= 0.3 is 0 Å². The number of halogens is 1. The molecule has 112 valence electrons. The van der Waals surface area contributed by atoms with Gasteiger partial charge in [-0.3, -0.25) is 9.67 Å². The van der Waals surface area contributed by atoms with Crippen molar-refractivity contribution < 1.29 is 5.11 Å². The molecule has 0 saturated carbocycles. The molecule has 0 atom stereocenters. The Hall–Kier alpha value is -1.43. The minimum absolute atomic E-state index is 0.666. The predicted octanol–water partition coefficient (Wildman–Crippen LogP) is 1.92. The van der Waals surface area contributed by atoms with E-state index in [2.05, 4.69) is 15.0 Å². The number of pyridine rings is 1. The summed E-state index contributed by atoms with van der Waals surface area (Å²) in [6, 6.07) is 3.83. The Bertz CT molecular complexity index is 578. The highest BCUT2D eigenvalue weighted by Crippen LogP contribution is 2.32. The number of aliphatic hydroxyl groups is 1. The van der Waals surface area contributed by atoms with Crippen LogP contribution in [0.4, 0.5) is 0 Å². The van der Waals surface area contributed by atoms with Crippen molar-refractivity contribution in [2.75, 3.05) is 19.6 Å². The maximum absolute atomic E-state index is 10.7. The molecule has 6 heteroatoms. The molecule has 2 aromatic heterocycles. The summed E-state index contributed by atoms with van der Waals surface area (Å²) in [5.74, 6) is 0. The lowest BCUT2D eigenvalue weighted by molar-refractivity contribution is -0.0268. The molecule has 0 aromatic carbocycles. The van der Waals surface area contributed by atoms with Crippen LogP contribution in [0, 0.1) is 0 Å². The van der Waals surface area contributed by atoms with Crippen LogP contribution in [0.1, 0.15) is 18.4 Å². The van der Waals surface area contributed by atoms with Gasteiger partial charge in [0.25, 0.3) is 0 Å². The van der Waals surface area contributed by atoms with Crippen LogP contribution in [0.5, 0.6) is 0 Å². The molecule has 5 nitrogen and oxygen atoms in total. The lowest BCUT2D eigenvalue weighted by Crippen LogP contribution is -2.43. The van der Waals surface area contributed by atoms with Gasteiger partial charge in [0.1, 0.15) is 0 Å². The van der Waals surface area contributed by atoms with E-state index >= 15 is 0 Å². The van der Waals surface area contributed by atoms with Crippen LogP contribution in [-0.2, 0) is 12.1 Å². The zero-order chi connectivity index (χ0) is 14.7. The average Bonchev–Trinajstić information content (AvgIpc) is 2.93. The number of rotatable bonds is 4. The largest absolute Gasteiger partial charge is 0.385 e. The molecular weight excluding hydrogens is 288 g/mol. The van der Waals surface area contributed by atoms with Crippen LogP contribution >= 0.6 is 11.6 Å². The third-order valence-corrected chi connectivity index (χ3v) is 4.32. The summed E-state index contributed by atoms with van der Waals surface area (Å²) in [6.45, 7) is 3.49. The molecule has 1 aliphatic heterocycles. The fourth-order valence-corrected chi connectivity index (χ4v) is 2.93. The van der Waals surface area contributed by atoms with Crippen LogP contribution < -0.4 is 0 Å². The van der Waals surface area contributed by atoms with Crippen LogP contribution in [0.25, 0.3) is 0 Å². The van der Waals surface area contributed by atoms with Crippen molar-refractivity contribution in [1.82, 2.24) is 19.7 Å². The molecule has 1 fully saturated rings. The number of likely N-dealkylation sites (tertiary alicyclic amines) is 1. The van der Waals surface area contributed by atoms with Crippen molar-refractivity contribution in [1.29, 1.82) is 0 Å². The summed E-state index contributed by atoms with van der Waals surface area (Å²) < 4.78 is 1.85. The Morgan fingerprint density at radius 1 is 1.24 bits per heavy atom. The van der Waals surface area contributed by atoms with E-state index in [1.807, 2.05) is 23.0 Å². The first-order valence-corrected chi connectivity index (χ1v) is 7.57. The normalized spacial score (nSPS) is 18.8. The van der Waals surface area contributed by atoms with Crippen LogP contribution in [0.15, 0.2) is 36.9 Å². The second-order valence-electron chi connectivity index (χ2n) is 5.54. The highest BCUT2D eigenvalue weighted by molar-refractivity contribution is 6.30. The minimum Gasteiger partial charge on any atom is -0.385 e. The molecule has 2 aromatic rings. The van der Waals surface area contributed by atoms with Gasteiger partial charge in [0.05, 0.1) is 23.4 Å². The molecule has 1 N–H and O–H groups in total. The fraction of sp³-hybridized carbons (Fsp3) is 0.467. The monoisotopic (exact) mass is 306 g/mol. The van der Waals surface area contributed by atoms with Crippen molar-refractivity contribution in [2.24, 2.45) is 0 Å². The summed E-state index contributed by atoms with van der Waals surface area (Å²) in [5, 5.41) is 15.6. The predicted molar refractivity (Wildman–Crippen MR) is 81.0 cm³/mol. The van der Waals surface area contributed by atoms with E-state index in [1.54, 1.807) is 18.6 Å². The third kappa shape index (κ3) is 3.43. The van der Waals surface area contributed by atoms with Crippen LogP contribution in [-0.4, -0.2) is 44.4 Å². The molecule has 0 spiro atoms. The number of piperidine rings is 1. The molecule has 0 amide bonds. The smallest absolute Gasteiger partial charge is 0.0935 e. The molecule has 3 heterocycles. The first-order valence-electron chi connectivity index (χ1n) is 7.19. The Kier molecular flexibility index (Phi) is 4.24. The second-order valence-corrected chi connectivity index (χ2v) is 5.97.